The Balaban J connectivity index is 1.49. The number of benzene rings is 2. The first-order valence-corrected chi connectivity index (χ1v) is 10.7. The van der Waals surface area contributed by atoms with Crippen molar-refractivity contribution in [1.82, 2.24) is 0 Å². The number of rotatable bonds is 4. The number of ether oxygens (including phenoxy) is 2. The van der Waals surface area contributed by atoms with Crippen molar-refractivity contribution in [2.75, 3.05) is 18.5 Å². The fourth-order valence-corrected chi connectivity index (χ4v) is 5.26. The van der Waals surface area contributed by atoms with E-state index >= 15 is 0 Å². The number of halogens is 2. The van der Waals surface area contributed by atoms with Crippen LogP contribution in [0.15, 0.2) is 48.6 Å². The maximum atomic E-state index is 6.57. The van der Waals surface area contributed by atoms with Crippen molar-refractivity contribution in [2.45, 2.75) is 37.3 Å². The van der Waals surface area contributed by atoms with Crippen molar-refractivity contribution in [3.05, 3.63) is 69.7 Å². The van der Waals surface area contributed by atoms with Gasteiger partial charge in [-0.15, -0.1) is 0 Å². The molecule has 146 valence electrons. The molecule has 0 saturated carbocycles. The van der Waals surface area contributed by atoms with Gasteiger partial charge in [-0.25, -0.2) is 0 Å². The summed E-state index contributed by atoms with van der Waals surface area (Å²) < 4.78 is 11.9. The minimum Gasteiger partial charge on any atom is -0.489 e. The zero-order valence-corrected chi connectivity index (χ0v) is 17.0. The van der Waals surface area contributed by atoms with Gasteiger partial charge in [0.05, 0.1) is 17.8 Å². The Morgan fingerprint density at radius 3 is 2.89 bits per heavy atom. The predicted octanol–water partition coefficient (Wildman–Crippen LogP) is 6.38. The molecular formula is C23H23Cl2NO2. The van der Waals surface area contributed by atoms with E-state index in [2.05, 4.69) is 29.6 Å². The van der Waals surface area contributed by atoms with E-state index in [9.17, 15) is 0 Å². The Bertz CT molecular complexity index is 907. The molecular weight excluding hydrogens is 393 g/mol. The summed E-state index contributed by atoms with van der Waals surface area (Å²) in [5.41, 5.74) is 3.46. The lowest BCUT2D eigenvalue weighted by atomic mass is 9.77. The average molecular weight is 416 g/mol. The quantitative estimate of drug-likeness (QED) is 0.587. The highest BCUT2D eigenvalue weighted by Crippen LogP contribution is 2.53. The Kier molecular flexibility index (Phi) is 5.00. The number of anilines is 1. The van der Waals surface area contributed by atoms with Gasteiger partial charge in [-0.2, -0.15) is 0 Å². The number of hydrogen-bond donors (Lipinski definition) is 1. The van der Waals surface area contributed by atoms with Gasteiger partial charge in [0.1, 0.15) is 12.4 Å². The summed E-state index contributed by atoms with van der Waals surface area (Å²) in [4.78, 5) is 0. The number of allylic oxidation sites excluding steroid dienone is 2. The van der Waals surface area contributed by atoms with E-state index in [1.807, 2.05) is 24.3 Å². The fourth-order valence-electron chi connectivity index (χ4n) is 4.73. The van der Waals surface area contributed by atoms with Gasteiger partial charge in [0, 0.05) is 22.6 Å². The van der Waals surface area contributed by atoms with Crippen molar-refractivity contribution in [3.63, 3.8) is 0 Å². The third-order valence-corrected chi connectivity index (χ3v) is 6.67. The van der Waals surface area contributed by atoms with Crippen LogP contribution in [0.3, 0.4) is 0 Å². The molecule has 1 fully saturated rings. The van der Waals surface area contributed by atoms with Crippen LogP contribution in [0.5, 0.6) is 5.75 Å². The van der Waals surface area contributed by atoms with E-state index in [0.29, 0.717) is 28.5 Å². The van der Waals surface area contributed by atoms with E-state index in [0.717, 1.165) is 42.9 Å². The van der Waals surface area contributed by atoms with Gasteiger partial charge in [-0.1, -0.05) is 53.6 Å². The highest BCUT2D eigenvalue weighted by molar-refractivity contribution is 6.35. The molecule has 5 heteroatoms. The molecule has 0 radical (unpaired) electrons. The fraction of sp³-hybridized carbons (Fsp3) is 0.391. The van der Waals surface area contributed by atoms with Gasteiger partial charge in [-0.3, -0.25) is 0 Å². The minimum atomic E-state index is 0.116. The molecule has 1 saturated heterocycles. The topological polar surface area (TPSA) is 30.5 Å². The third kappa shape index (κ3) is 3.30. The number of hydrogen-bond acceptors (Lipinski definition) is 3. The zero-order valence-electron chi connectivity index (χ0n) is 15.5. The van der Waals surface area contributed by atoms with Crippen LogP contribution in [0.4, 0.5) is 5.69 Å². The van der Waals surface area contributed by atoms with Crippen LogP contribution in [0.1, 0.15) is 42.3 Å². The molecule has 1 aliphatic carbocycles. The summed E-state index contributed by atoms with van der Waals surface area (Å²) in [5.74, 6) is 1.68. The summed E-state index contributed by atoms with van der Waals surface area (Å²) in [6.07, 6.45) is 8.01. The van der Waals surface area contributed by atoms with Gasteiger partial charge in [0.15, 0.2) is 0 Å². The Morgan fingerprint density at radius 2 is 2.07 bits per heavy atom. The molecule has 3 nitrogen and oxygen atoms in total. The molecule has 2 heterocycles. The highest BCUT2D eigenvalue weighted by Gasteiger charge is 2.39. The zero-order chi connectivity index (χ0) is 19.1. The normalized spacial score (nSPS) is 27.9. The molecule has 2 aromatic rings. The summed E-state index contributed by atoms with van der Waals surface area (Å²) >= 11 is 12.7. The SMILES string of the molecule is Clc1ccc(C2Nc3c(OCC4CCCO4)cccc3C3C=CCC32)c(Cl)c1. The molecule has 0 amide bonds. The maximum Gasteiger partial charge on any atom is 0.142 e. The second-order valence-electron chi connectivity index (χ2n) is 7.81. The number of fused-ring (bicyclic) bond motifs is 3. The number of nitrogens with one attached hydrogen (secondary N) is 1. The molecule has 0 bridgehead atoms. The molecule has 3 aliphatic rings. The van der Waals surface area contributed by atoms with Crippen LogP contribution in [0.2, 0.25) is 10.0 Å². The third-order valence-electron chi connectivity index (χ3n) is 6.10. The maximum absolute atomic E-state index is 6.57. The summed E-state index contributed by atoms with van der Waals surface area (Å²) in [6, 6.07) is 12.2. The highest BCUT2D eigenvalue weighted by atomic mass is 35.5. The van der Waals surface area contributed by atoms with Crippen LogP contribution >= 0.6 is 23.2 Å². The van der Waals surface area contributed by atoms with Gasteiger partial charge >= 0.3 is 0 Å². The van der Waals surface area contributed by atoms with Crippen LogP contribution in [-0.2, 0) is 4.74 Å². The number of para-hydroxylation sites is 1. The van der Waals surface area contributed by atoms with Crippen molar-refractivity contribution < 1.29 is 9.47 Å². The minimum absolute atomic E-state index is 0.116. The molecule has 0 spiro atoms. The standard InChI is InChI=1S/C23H23Cl2NO2/c24-14-9-10-19(20(25)12-14)22-17-6-1-5-16(17)18-7-2-8-21(23(18)26-22)28-13-15-4-3-11-27-15/h1-2,5,7-10,12,15-17,22,26H,3-4,6,11,13H2. The lowest BCUT2D eigenvalue weighted by Crippen LogP contribution is -2.30. The van der Waals surface area contributed by atoms with Gasteiger partial charge in [0.2, 0.25) is 0 Å². The second-order valence-corrected chi connectivity index (χ2v) is 8.65. The summed E-state index contributed by atoms with van der Waals surface area (Å²) in [6.45, 7) is 1.43. The molecule has 2 aliphatic heterocycles. The second kappa shape index (κ2) is 7.62. The first-order valence-electron chi connectivity index (χ1n) is 9.96. The van der Waals surface area contributed by atoms with E-state index in [1.165, 1.54) is 5.56 Å². The first kappa shape index (κ1) is 18.4. The van der Waals surface area contributed by atoms with Crippen molar-refractivity contribution in [1.29, 1.82) is 0 Å². The molecule has 5 rings (SSSR count). The van der Waals surface area contributed by atoms with Crippen molar-refractivity contribution in [2.24, 2.45) is 5.92 Å². The van der Waals surface area contributed by atoms with Crippen molar-refractivity contribution >= 4 is 28.9 Å². The molecule has 28 heavy (non-hydrogen) atoms. The molecule has 4 unspecified atom stereocenters. The van der Waals surface area contributed by atoms with Gasteiger partial charge < -0.3 is 14.8 Å². The Hall–Kier alpha value is -1.68. The van der Waals surface area contributed by atoms with E-state index in [-0.39, 0.29) is 12.1 Å². The molecule has 0 aromatic heterocycles. The summed E-state index contributed by atoms with van der Waals surface area (Å²) in [7, 11) is 0. The molecule has 1 N–H and O–H groups in total. The predicted molar refractivity (Wildman–Crippen MR) is 114 cm³/mol. The first-order chi connectivity index (χ1) is 13.7. The van der Waals surface area contributed by atoms with E-state index < -0.39 is 0 Å². The van der Waals surface area contributed by atoms with Gasteiger partial charge in [0.25, 0.3) is 0 Å². The Labute approximate surface area is 175 Å². The smallest absolute Gasteiger partial charge is 0.142 e. The lowest BCUT2D eigenvalue weighted by molar-refractivity contribution is 0.0681. The Morgan fingerprint density at radius 1 is 1.14 bits per heavy atom. The molecule has 4 atom stereocenters. The van der Waals surface area contributed by atoms with Crippen LogP contribution < -0.4 is 10.1 Å². The summed E-state index contributed by atoms with van der Waals surface area (Å²) in [5, 5.41) is 5.12. The van der Waals surface area contributed by atoms with Crippen molar-refractivity contribution in [3.8, 4) is 5.75 Å². The lowest BCUT2D eigenvalue weighted by Gasteiger charge is -2.38. The van der Waals surface area contributed by atoms with Crippen LogP contribution in [0, 0.1) is 5.92 Å². The van der Waals surface area contributed by atoms with E-state index in [4.69, 9.17) is 32.7 Å². The largest absolute Gasteiger partial charge is 0.489 e. The van der Waals surface area contributed by atoms with Gasteiger partial charge in [-0.05, 0) is 54.5 Å². The molecule has 2 aromatic carbocycles. The van der Waals surface area contributed by atoms with E-state index in [1.54, 1.807) is 0 Å². The van der Waals surface area contributed by atoms with Crippen LogP contribution in [-0.4, -0.2) is 19.3 Å². The average Bonchev–Trinajstić information content (AvgIpc) is 3.38. The van der Waals surface area contributed by atoms with Crippen LogP contribution in [0.25, 0.3) is 0 Å². The monoisotopic (exact) mass is 415 g/mol.